The third-order valence-corrected chi connectivity index (χ3v) is 5.79. The van der Waals surface area contributed by atoms with Gasteiger partial charge in [-0.1, -0.05) is 72.8 Å². The highest BCUT2D eigenvalue weighted by molar-refractivity contribution is 5.86. The molecule has 0 aliphatic carbocycles. The number of hydrogen-bond acceptors (Lipinski definition) is 3. The number of aliphatic hydroxyl groups is 1. The zero-order valence-electron chi connectivity index (χ0n) is 17.9. The summed E-state index contributed by atoms with van der Waals surface area (Å²) in [5.74, 6) is 1.11. The Morgan fingerprint density at radius 2 is 1.55 bits per heavy atom. The van der Waals surface area contributed by atoms with Gasteiger partial charge in [-0.05, 0) is 52.6 Å². The maximum absolute atomic E-state index is 11.9. The summed E-state index contributed by atoms with van der Waals surface area (Å²) in [4.78, 5) is 0. The molecule has 0 spiro atoms. The lowest BCUT2D eigenvalue weighted by molar-refractivity contribution is 0.0703. The van der Waals surface area contributed by atoms with Crippen LogP contribution in [0.15, 0.2) is 91.0 Å². The summed E-state index contributed by atoms with van der Waals surface area (Å²) >= 11 is 0. The predicted molar refractivity (Wildman–Crippen MR) is 126 cm³/mol. The van der Waals surface area contributed by atoms with Gasteiger partial charge in [-0.25, -0.2) is 0 Å². The van der Waals surface area contributed by atoms with Crippen molar-refractivity contribution in [2.24, 2.45) is 0 Å². The van der Waals surface area contributed by atoms with Gasteiger partial charge in [-0.3, -0.25) is 0 Å². The Morgan fingerprint density at radius 3 is 2.35 bits per heavy atom. The number of para-hydroxylation sites is 1. The van der Waals surface area contributed by atoms with Crippen molar-refractivity contribution in [1.82, 2.24) is 0 Å². The van der Waals surface area contributed by atoms with E-state index in [0.717, 1.165) is 39.0 Å². The van der Waals surface area contributed by atoms with E-state index in [2.05, 4.69) is 31.2 Å². The Hall–Kier alpha value is -3.30. The second kappa shape index (κ2) is 8.83. The summed E-state index contributed by atoms with van der Waals surface area (Å²) in [7, 11) is 3.29. The van der Waals surface area contributed by atoms with Crippen LogP contribution in [0, 0.1) is 6.92 Å². The lowest BCUT2D eigenvalue weighted by Crippen LogP contribution is -2.36. The number of ether oxygens (including phenoxy) is 2. The number of methoxy groups -OCH3 is 2. The van der Waals surface area contributed by atoms with E-state index in [1.807, 2.05) is 66.7 Å². The summed E-state index contributed by atoms with van der Waals surface area (Å²) < 4.78 is 11.0. The van der Waals surface area contributed by atoms with Crippen molar-refractivity contribution in [3.8, 4) is 11.5 Å². The molecule has 4 aromatic carbocycles. The van der Waals surface area contributed by atoms with Crippen molar-refractivity contribution in [1.29, 1.82) is 0 Å². The third kappa shape index (κ3) is 4.28. The van der Waals surface area contributed by atoms with E-state index in [1.54, 1.807) is 14.2 Å². The number of fused-ring (bicyclic) bond motifs is 1. The van der Waals surface area contributed by atoms with Crippen LogP contribution in [0.5, 0.6) is 11.5 Å². The van der Waals surface area contributed by atoms with Crippen LogP contribution in [0.1, 0.15) is 22.6 Å². The van der Waals surface area contributed by atoms with Crippen LogP contribution in [0.25, 0.3) is 10.8 Å². The third-order valence-electron chi connectivity index (χ3n) is 5.79. The SMILES string of the molecule is [CH2]C(O)(Cc1ccccc1OC)C(c1cccc(OC)c1)c1cccc2ccccc12. The van der Waals surface area contributed by atoms with E-state index in [9.17, 15) is 5.11 Å². The van der Waals surface area contributed by atoms with Crippen LogP contribution >= 0.6 is 0 Å². The van der Waals surface area contributed by atoms with E-state index in [1.165, 1.54) is 0 Å². The average molecular weight is 412 g/mol. The largest absolute Gasteiger partial charge is 0.497 e. The molecule has 0 aliphatic rings. The van der Waals surface area contributed by atoms with Crippen molar-refractivity contribution >= 4 is 10.8 Å². The van der Waals surface area contributed by atoms with Crippen molar-refractivity contribution in [2.75, 3.05) is 14.2 Å². The lowest BCUT2D eigenvalue weighted by atomic mass is 9.74. The number of rotatable bonds is 7. The van der Waals surface area contributed by atoms with Gasteiger partial charge in [0.05, 0.1) is 19.8 Å². The highest BCUT2D eigenvalue weighted by atomic mass is 16.5. The van der Waals surface area contributed by atoms with Gasteiger partial charge in [0.1, 0.15) is 11.5 Å². The second-order valence-electron chi connectivity index (χ2n) is 7.87. The molecule has 157 valence electrons. The maximum atomic E-state index is 11.9. The molecule has 3 heteroatoms. The highest BCUT2D eigenvalue weighted by Gasteiger charge is 2.36. The molecule has 4 aromatic rings. The number of hydrogen-bond donors (Lipinski definition) is 1. The van der Waals surface area contributed by atoms with E-state index in [-0.39, 0.29) is 5.92 Å². The van der Waals surface area contributed by atoms with E-state index in [4.69, 9.17) is 9.47 Å². The molecule has 0 bridgehead atoms. The van der Waals surface area contributed by atoms with Crippen molar-refractivity contribution in [2.45, 2.75) is 17.9 Å². The first kappa shape index (κ1) is 21.0. The first-order valence-corrected chi connectivity index (χ1v) is 10.3. The lowest BCUT2D eigenvalue weighted by Gasteiger charge is -2.35. The summed E-state index contributed by atoms with van der Waals surface area (Å²) in [6.45, 7) is 4.32. The van der Waals surface area contributed by atoms with Gasteiger partial charge in [0.25, 0.3) is 0 Å². The normalized spacial score (nSPS) is 14.1. The minimum atomic E-state index is -1.33. The number of benzene rings is 4. The highest BCUT2D eigenvalue weighted by Crippen LogP contribution is 2.41. The average Bonchev–Trinajstić information content (AvgIpc) is 2.79. The molecule has 1 N–H and O–H groups in total. The minimum absolute atomic E-state index is 0.335. The van der Waals surface area contributed by atoms with Crippen LogP contribution in [0.4, 0.5) is 0 Å². The molecule has 0 heterocycles. The first-order valence-electron chi connectivity index (χ1n) is 10.3. The molecule has 3 nitrogen and oxygen atoms in total. The fourth-order valence-electron chi connectivity index (χ4n) is 4.38. The van der Waals surface area contributed by atoms with Crippen molar-refractivity contribution < 1.29 is 14.6 Å². The monoisotopic (exact) mass is 411 g/mol. The zero-order chi connectivity index (χ0) is 21.8. The smallest absolute Gasteiger partial charge is 0.122 e. The molecule has 0 saturated carbocycles. The van der Waals surface area contributed by atoms with Gasteiger partial charge < -0.3 is 14.6 Å². The predicted octanol–water partition coefficient (Wildman–Crippen LogP) is 5.80. The minimum Gasteiger partial charge on any atom is -0.497 e. The van der Waals surface area contributed by atoms with Gasteiger partial charge in [0, 0.05) is 12.3 Å². The summed E-state index contributed by atoms with van der Waals surface area (Å²) in [5, 5.41) is 14.1. The Morgan fingerprint density at radius 1 is 0.839 bits per heavy atom. The van der Waals surface area contributed by atoms with Gasteiger partial charge in [0.2, 0.25) is 0 Å². The molecule has 1 radical (unpaired) electrons. The van der Waals surface area contributed by atoms with Crippen LogP contribution in [-0.4, -0.2) is 24.9 Å². The van der Waals surface area contributed by atoms with Crippen LogP contribution in [0.3, 0.4) is 0 Å². The van der Waals surface area contributed by atoms with Gasteiger partial charge in [-0.2, -0.15) is 0 Å². The Labute approximate surface area is 183 Å². The van der Waals surface area contributed by atoms with E-state index < -0.39 is 5.60 Å². The van der Waals surface area contributed by atoms with E-state index >= 15 is 0 Å². The molecule has 0 saturated heterocycles. The molecule has 4 rings (SSSR count). The zero-order valence-corrected chi connectivity index (χ0v) is 17.9. The molecule has 31 heavy (non-hydrogen) atoms. The first-order chi connectivity index (χ1) is 15.0. The van der Waals surface area contributed by atoms with Crippen LogP contribution < -0.4 is 9.47 Å². The molecule has 0 fully saturated rings. The Bertz CT molecular complexity index is 1170. The summed E-state index contributed by atoms with van der Waals surface area (Å²) in [5.41, 5.74) is 1.56. The Balaban J connectivity index is 1.89. The molecule has 0 aliphatic heterocycles. The molecule has 2 atom stereocenters. The van der Waals surface area contributed by atoms with Crippen LogP contribution in [0.2, 0.25) is 0 Å². The molecular weight excluding hydrogens is 384 g/mol. The van der Waals surface area contributed by atoms with E-state index in [0.29, 0.717) is 6.42 Å². The molecule has 2 unspecified atom stereocenters. The fourth-order valence-corrected chi connectivity index (χ4v) is 4.38. The molecular formula is C28H27O3. The van der Waals surface area contributed by atoms with Crippen molar-refractivity contribution in [3.05, 3.63) is 115 Å². The standard InChI is InChI=1S/C28H27O3/c1-28(29,19-22-11-5-7-17-26(22)31-3)27(21-13-8-14-23(18-21)30-2)25-16-9-12-20-10-4-6-15-24(20)25/h4-18,27,29H,1,19H2,2-3H3. The maximum Gasteiger partial charge on any atom is 0.122 e. The van der Waals surface area contributed by atoms with Gasteiger partial charge in [0.15, 0.2) is 0 Å². The van der Waals surface area contributed by atoms with Gasteiger partial charge in [-0.15, -0.1) is 0 Å². The molecule has 0 amide bonds. The second-order valence-corrected chi connectivity index (χ2v) is 7.87. The quantitative estimate of drug-likeness (QED) is 0.418. The fraction of sp³-hybridized carbons (Fsp3) is 0.179. The van der Waals surface area contributed by atoms with Gasteiger partial charge >= 0.3 is 0 Å². The molecule has 0 aromatic heterocycles. The van der Waals surface area contributed by atoms with Crippen molar-refractivity contribution in [3.63, 3.8) is 0 Å². The summed E-state index contributed by atoms with van der Waals surface area (Å²) in [6, 6.07) is 30.0. The summed E-state index contributed by atoms with van der Waals surface area (Å²) in [6.07, 6.45) is 0.335. The van der Waals surface area contributed by atoms with Crippen LogP contribution in [-0.2, 0) is 6.42 Å². The Kier molecular flexibility index (Phi) is 5.97. The topological polar surface area (TPSA) is 38.7 Å².